The highest BCUT2D eigenvalue weighted by Crippen LogP contribution is 2.43. The number of nitrogens with zero attached hydrogens (tertiary/aromatic N) is 1. The zero-order valence-electron chi connectivity index (χ0n) is 18.5. The van der Waals surface area contributed by atoms with E-state index >= 15 is 0 Å². The first-order chi connectivity index (χ1) is 13.1. The van der Waals surface area contributed by atoms with Gasteiger partial charge in [0.25, 0.3) is 0 Å². The van der Waals surface area contributed by atoms with E-state index < -0.39 is 0 Å². The van der Waals surface area contributed by atoms with E-state index in [1.165, 1.54) is 30.4 Å². The van der Waals surface area contributed by atoms with Crippen LogP contribution in [0.5, 0.6) is 5.75 Å². The smallest absolute Gasteiger partial charge is 0.124 e. The van der Waals surface area contributed by atoms with Crippen LogP contribution in [0.2, 0.25) is 0 Å². The van der Waals surface area contributed by atoms with Crippen molar-refractivity contribution in [3.05, 3.63) is 64.7 Å². The summed E-state index contributed by atoms with van der Waals surface area (Å²) >= 11 is 0. The van der Waals surface area contributed by atoms with Gasteiger partial charge in [-0.25, -0.2) is 0 Å². The summed E-state index contributed by atoms with van der Waals surface area (Å²) in [5, 5.41) is 11.5. The molecule has 0 saturated carbocycles. The molecule has 1 N–H and O–H groups in total. The summed E-state index contributed by atoms with van der Waals surface area (Å²) in [6.45, 7) is 15.5. The number of likely N-dealkylation sites (tertiary alicyclic amines) is 1. The second kappa shape index (κ2) is 7.91. The van der Waals surface area contributed by atoms with Gasteiger partial charge < -0.3 is 5.11 Å². The van der Waals surface area contributed by atoms with Gasteiger partial charge in [0.05, 0.1) is 6.04 Å². The van der Waals surface area contributed by atoms with Crippen molar-refractivity contribution in [2.24, 2.45) is 0 Å². The Labute approximate surface area is 171 Å². The molecule has 0 aromatic heterocycles. The van der Waals surface area contributed by atoms with Gasteiger partial charge in [-0.05, 0) is 59.5 Å². The second-order valence-corrected chi connectivity index (χ2v) is 10.4. The van der Waals surface area contributed by atoms with Crippen LogP contribution in [0.25, 0.3) is 0 Å². The monoisotopic (exact) mass is 379 g/mol. The van der Waals surface area contributed by atoms with Crippen molar-refractivity contribution in [2.45, 2.75) is 77.7 Å². The Balaban J connectivity index is 2.23. The lowest BCUT2D eigenvalue weighted by Crippen LogP contribution is -2.35. The quantitative estimate of drug-likeness (QED) is 0.652. The first kappa shape index (κ1) is 20.9. The molecule has 0 aliphatic carbocycles. The summed E-state index contributed by atoms with van der Waals surface area (Å²) in [6, 6.07) is 15.3. The fourth-order valence-corrected chi connectivity index (χ4v) is 4.27. The number of aromatic hydroxyl groups is 1. The number of piperidine rings is 1. The van der Waals surface area contributed by atoms with Crippen LogP contribution >= 0.6 is 0 Å². The molecule has 2 aromatic carbocycles. The molecule has 0 spiro atoms. The van der Waals surface area contributed by atoms with E-state index in [4.69, 9.17) is 0 Å². The molecular formula is C26H37NO. The predicted octanol–water partition coefficient (Wildman–Crippen LogP) is 6.56. The van der Waals surface area contributed by atoms with Crippen LogP contribution in [0, 0.1) is 0 Å². The third kappa shape index (κ3) is 4.43. The zero-order valence-corrected chi connectivity index (χ0v) is 18.5. The largest absolute Gasteiger partial charge is 0.507 e. The summed E-state index contributed by atoms with van der Waals surface area (Å²) < 4.78 is 0. The van der Waals surface area contributed by atoms with Gasteiger partial charge in [0, 0.05) is 5.56 Å². The third-order valence-electron chi connectivity index (χ3n) is 5.98. The molecule has 1 aliphatic rings. The number of rotatable bonds is 3. The number of phenolic OH excluding ortho intramolecular Hbond substituents is 1. The minimum absolute atomic E-state index is 0.0333. The van der Waals surface area contributed by atoms with Gasteiger partial charge in [-0.2, -0.15) is 0 Å². The lowest BCUT2D eigenvalue weighted by Gasteiger charge is -2.37. The molecule has 152 valence electrons. The highest BCUT2D eigenvalue weighted by Gasteiger charge is 2.31. The molecule has 0 radical (unpaired) electrons. The van der Waals surface area contributed by atoms with E-state index in [1.54, 1.807) is 0 Å². The number of phenols is 1. The summed E-state index contributed by atoms with van der Waals surface area (Å²) in [7, 11) is 0. The Hall–Kier alpha value is -1.80. The van der Waals surface area contributed by atoms with Gasteiger partial charge in [0.2, 0.25) is 0 Å². The Bertz CT molecular complexity index is 790. The van der Waals surface area contributed by atoms with Crippen molar-refractivity contribution < 1.29 is 5.11 Å². The molecule has 1 fully saturated rings. The predicted molar refractivity (Wildman–Crippen MR) is 119 cm³/mol. The van der Waals surface area contributed by atoms with Crippen LogP contribution in [-0.4, -0.2) is 23.1 Å². The van der Waals surface area contributed by atoms with Gasteiger partial charge in [-0.1, -0.05) is 84.4 Å². The molecule has 1 saturated heterocycles. The standard InChI is InChI=1S/C26H37NO/c1-25(2,3)20-17-21(24(28)22(18-20)26(4,5)6)23(19-13-9-7-10-14-19)27-15-11-8-12-16-27/h7,9-10,13-14,17-18,23,28H,8,11-12,15-16H2,1-6H3. The van der Waals surface area contributed by atoms with Crippen LogP contribution in [0.3, 0.4) is 0 Å². The minimum atomic E-state index is -0.108. The van der Waals surface area contributed by atoms with E-state index in [2.05, 4.69) is 88.9 Å². The average molecular weight is 380 g/mol. The lowest BCUT2D eigenvalue weighted by atomic mass is 9.77. The molecule has 3 rings (SSSR count). The first-order valence-corrected chi connectivity index (χ1v) is 10.8. The van der Waals surface area contributed by atoms with E-state index in [-0.39, 0.29) is 16.9 Å². The molecular weight excluding hydrogens is 342 g/mol. The highest BCUT2D eigenvalue weighted by atomic mass is 16.3. The molecule has 0 bridgehead atoms. The summed E-state index contributed by atoms with van der Waals surface area (Å²) in [6.07, 6.45) is 3.77. The molecule has 1 heterocycles. The minimum Gasteiger partial charge on any atom is -0.507 e. The topological polar surface area (TPSA) is 23.5 Å². The van der Waals surface area contributed by atoms with Crippen molar-refractivity contribution in [3.63, 3.8) is 0 Å². The van der Waals surface area contributed by atoms with Crippen LogP contribution in [0.15, 0.2) is 42.5 Å². The van der Waals surface area contributed by atoms with Crippen LogP contribution < -0.4 is 0 Å². The fourth-order valence-electron chi connectivity index (χ4n) is 4.27. The van der Waals surface area contributed by atoms with Gasteiger partial charge >= 0.3 is 0 Å². The maximum Gasteiger partial charge on any atom is 0.124 e. The third-order valence-corrected chi connectivity index (χ3v) is 5.98. The average Bonchev–Trinajstić information content (AvgIpc) is 2.63. The van der Waals surface area contributed by atoms with Gasteiger partial charge in [0.1, 0.15) is 5.75 Å². The normalized spacial score (nSPS) is 17.5. The van der Waals surface area contributed by atoms with E-state index in [0.29, 0.717) is 5.75 Å². The van der Waals surface area contributed by atoms with Crippen molar-refractivity contribution in [3.8, 4) is 5.75 Å². The highest BCUT2D eigenvalue weighted by molar-refractivity contribution is 5.52. The fraction of sp³-hybridized carbons (Fsp3) is 0.538. The van der Waals surface area contributed by atoms with Crippen LogP contribution in [0.4, 0.5) is 0 Å². The van der Waals surface area contributed by atoms with E-state index in [9.17, 15) is 5.11 Å². The van der Waals surface area contributed by atoms with E-state index in [1.807, 2.05) is 0 Å². The molecule has 0 amide bonds. The maximum atomic E-state index is 11.5. The Morgan fingerprint density at radius 3 is 1.96 bits per heavy atom. The van der Waals surface area contributed by atoms with E-state index in [0.717, 1.165) is 24.2 Å². The SMILES string of the molecule is CC(C)(C)c1cc(C(c2ccccc2)N2CCCCC2)c(O)c(C(C)(C)C)c1. The zero-order chi connectivity index (χ0) is 20.5. The Morgan fingerprint density at radius 2 is 1.43 bits per heavy atom. The molecule has 2 nitrogen and oxygen atoms in total. The number of hydrogen-bond acceptors (Lipinski definition) is 2. The Morgan fingerprint density at radius 1 is 0.821 bits per heavy atom. The number of hydrogen-bond donors (Lipinski definition) is 1. The molecule has 1 unspecified atom stereocenters. The second-order valence-electron chi connectivity index (χ2n) is 10.4. The Kier molecular flexibility index (Phi) is 5.91. The molecule has 1 aliphatic heterocycles. The summed E-state index contributed by atoms with van der Waals surface area (Å²) in [5.74, 6) is 0.472. The van der Waals surface area contributed by atoms with Crippen molar-refractivity contribution >= 4 is 0 Å². The lowest BCUT2D eigenvalue weighted by molar-refractivity contribution is 0.184. The van der Waals surface area contributed by atoms with Crippen molar-refractivity contribution in [1.29, 1.82) is 0 Å². The molecule has 2 heteroatoms. The van der Waals surface area contributed by atoms with Crippen molar-refractivity contribution in [1.82, 2.24) is 4.90 Å². The van der Waals surface area contributed by atoms with Crippen LogP contribution in [0.1, 0.15) is 89.1 Å². The van der Waals surface area contributed by atoms with Gasteiger partial charge in [0.15, 0.2) is 0 Å². The first-order valence-electron chi connectivity index (χ1n) is 10.8. The van der Waals surface area contributed by atoms with Gasteiger partial charge in [-0.15, -0.1) is 0 Å². The molecule has 28 heavy (non-hydrogen) atoms. The van der Waals surface area contributed by atoms with Gasteiger partial charge in [-0.3, -0.25) is 4.90 Å². The van der Waals surface area contributed by atoms with Crippen molar-refractivity contribution in [2.75, 3.05) is 13.1 Å². The molecule has 2 aromatic rings. The number of benzene rings is 2. The summed E-state index contributed by atoms with van der Waals surface area (Å²) in [5.41, 5.74) is 4.60. The molecule has 1 atom stereocenters. The van der Waals surface area contributed by atoms with Crippen LogP contribution in [-0.2, 0) is 10.8 Å². The summed E-state index contributed by atoms with van der Waals surface area (Å²) in [4.78, 5) is 2.56. The maximum absolute atomic E-state index is 11.5.